The molecule has 0 spiro atoms. The highest BCUT2D eigenvalue weighted by Crippen LogP contribution is 2.35. The van der Waals surface area contributed by atoms with Crippen LogP contribution in [-0.4, -0.2) is 26.2 Å². The first kappa shape index (κ1) is 17.1. The maximum atomic E-state index is 11.9. The van der Waals surface area contributed by atoms with E-state index >= 15 is 0 Å². The Morgan fingerprint density at radius 3 is 2.61 bits per heavy atom. The van der Waals surface area contributed by atoms with Gasteiger partial charge in [0.15, 0.2) is 6.20 Å². The van der Waals surface area contributed by atoms with E-state index in [2.05, 4.69) is 0 Å². The van der Waals surface area contributed by atoms with Gasteiger partial charge in [-0.3, -0.25) is 0 Å². The van der Waals surface area contributed by atoms with Crippen molar-refractivity contribution in [3.8, 4) is 0 Å². The topological polar surface area (TPSA) is 106 Å². The van der Waals surface area contributed by atoms with Crippen molar-refractivity contribution in [3.05, 3.63) is 45.6 Å². The predicted octanol–water partition coefficient (Wildman–Crippen LogP) is 1.83. The van der Waals surface area contributed by atoms with E-state index in [1.165, 1.54) is 32.2 Å². The number of rotatable bonds is 5. The molecule has 2 heterocycles. The molecule has 0 amide bonds. The zero-order valence-electron chi connectivity index (χ0n) is 12.4. The second-order valence-corrected chi connectivity index (χ2v) is 6.33. The van der Waals surface area contributed by atoms with Crippen LogP contribution in [-0.2, 0) is 15.2 Å². The Labute approximate surface area is 140 Å². The molecule has 0 atom stereocenters. The minimum Gasteiger partial charge on any atom is -0.618 e. The van der Waals surface area contributed by atoms with Crippen molar-refractivity contribution in [2.75, 3.05) is 20.0 Å². The Morgan fingerprint density at radius 2 is 2.00 bits per heavy atom. The van der Waals surface area contributed by atoms with Crippen LogP contribution in [0.2, 0.25) is 0 Å². The fraction of sp³-hybridized carbons (Fsp3) is 0.214. The number of thioether (sulfide) groups is 1. The van der Waals surface area contributed by atoms with Crippen LogP contribution >= 0.6 is 23.1 Å². The summed E-state index contributed by atoms with van der Waals surface area (Å²) >= 11 is 2.14. The Kier molecular flexibility index (Phi) is 5.45. The van der Waals surface area contributed by atoms with Gasteiger partial charge in [0.25, 0.3) is 5.03 Å². The maximum Gasteiger partial charge on any atom is 0.348 e. The lowest BCUT2D eigenvalue weighted by Gasteiger charge is -2.06. The number of nitrogens with two attached hydrogens (primary N) is 1. The number of aromatic nitrogens is 1. The molecule has 23 heavy (non-hydrogen) atoms. The van der Waals surface area contributed by atoms with E-state index in [1.54, 1.807) is 18.2 Å². The van der Waals surface area contributed by atoms with E-state index in [-0.39, 0.29) is 21.2 Å². The summed E-state index contributed by atoms with van der Waals surface area (Å²) in [5, 5.41) is 12.3. The molecule has 0 saturated carbocycles. The Hall–Kier alpha value is -2.26. The van der Waals surface area contributed by atoms with Gasteiger partial charge in [-0.2, -0.15) is 4.73 Å². The number of hydrogen-bond acceptors (Lipinski definition) is 8. The van der Waals surface area contributed by atoms with Crippen LogP contribution in [0.4, 0.5) is 5.00 Å². The fourth-order valence-corrected chi connectivity index (χ4v) is 3.90. The van der Waals surface area contributed by atoms with Crippen molar-refractivity contribution < 1.29 is 23.8 Å². The smallest absolute Gasteiger partial charge is 0.348 e. The molecule has 2 N–H and O–H groups in total. The highest BCUT2D eigenvalue weighted by molar-refractivity contribution is 7.98. The third-order valence-electron chi connectivity index (χ3n) is 2.95. The zero-order chi connectivity index (χ0) is 17.0. The lowest BCUT2D eigenvalue weighted by Crippen LogP contribution is -2.27. The van der Waals surface area contributed by atoms with E-state index in [4.69, 9.17) is 15.2 Å². The van der Waals surface area contributed by atoms with E-state index < -0.39 is 11.9 Å². The molecular formula is C14H14N2O5S2. The van der Waals surface area contributed by atoms with E-state index in [0.29, 0.717) is 15.3 Å². The average molecular weight is 354 g/mol. The summed E-state index contributed by atoms with van der Waals surface area (Å²) in [6.07, 6.45) is 1.37. The molecule has 7 nitrogen and oxygen atoms in total. The van der Waals surface area contributed by atoms with Crippen molar-refractivity contribution in [2.24, 2.45) is 0 Å². The number of carbonyl (C=O) groups excluding carboxylic acids is 2. The molecule has 9 heteroatoms. The minimum atomic E-state index is -0.632. The number of methoxy groups -OCH3 is 2. The van der Waals surface area contributed by atoms with Crippen molar-refractivity contribution in [2.45, 2.75) is 10.8 Å². The first-order chi connectivity index (χ1) is 11.0. The van der Waals surface area contributed by atoms with Gasteiger partial charge in [-0.25, -0.2) is 9.59 Å². The van der Waals surface area contributed by atoms with E-state index in [9.17, 15) is 14.8 Å². The van der Waals surface area contributed by atoms with E-state index in [0.717, 1.165) is 11.3 Å². The largest absolute Gasteiger partial charge is 0.618 e. The number of esters is 2. The second kappa shape index (κ2) is 7.34. The Morgan fingerprint density at radius 1 is 1.30 bits per heavy atom. The molecule has 0 aliphatic heterocycles. The van der Waals surface area contributed by atoms with Crippen LogP contribution in [0.1, 0.15) is 25.6 Å². The van der Waals surface area contributed by atoms with Gasteiger partial charge in [0, 0.05) is 23.4 Å². The van der Waals surface area contributed by atoms with Crippen LogP contribution in [0.5, 0.6) is 0 Å². The number of nitrogen functional groups attached to an aromatic ring is 1. The van der Waals surface area contributed by atoms with Gasteiger partial charge in [0.2, 0.25) is 0 Å². The number of pyridine rings is 1. The van der Waals surface area contributed by atoms with Gasteiger partial charge in [0.1, 0.15) is 9.88 Å². The number of ether oxygens (including phenoxy) is 2. The molecule has 0 saturated heterocycles. The lowest BCUT2D eigenvalue weighted by atomic mass is 10.1. The van der Waals surface area contributed by atoms with Crippen LogP contribution in [0.25, 0.3) is 0 Å². The summed E-state index contributed by atoms with van der Waals surface area (Å²) in [5.41, 5.74) is 6.38. The first-order valence-corrected chi connectivity index (χ1v) is 8.18. The third-order valence-corrected chi connectivity index (χ3v) is 5.03. The monoisotopic (exact) mass is 354 g/mol. The normalized spacial score (nSPS) is 10.3. The molecule has 0 radical (unpaired) electrons. The molecule has 0 aliphatic rings. The third kappa shape index (κ3) is 3.57. The molecule has 2 aromatic heterocycles. The molecule has 0 unspecified atom stereocenters. The van der Waals surface area contributed by atoms with Gasteiger partial charge in [-0.1, -0.05) is 11.8 Å². The van der Waals surface area contributed by atoms with Crippen molar-refractivity contribution >= 4 is 40.0 Å². The van der Waals surface area contributed by atoms with Gasteiger partial charge < -0.3 is 20.4 Å². The van der Waals surface area contributed by atoms with Crippen LogP contribution in [0, 0.1) is 5.21 Å². The Balaban J connectivity index is 2.40. The number of nitrogens with zero attached hydrogens (tertiary/aromatic N) is 1. The highest BCUT2D eigenvalue weighted by atomic mass is 32.2. The van der Waals surface area contributed by atoms with Crippen LogP contribution < -0.4 is 10.5 Å². The SMILES string of the molecule is COC(=O)c1sc(N)c(C(=O)OC)c1CSc1cccc[n+]1[O-]. The van der Waals surface area contributed by atoms with Crippen molar-refractivity contribution in [1.82, 2.24) is 0 Å². The fourth-order valence-electron chi connectivity index (χ4n) is 1.88. The number of hydrogen-bond donors (Lipinski definition) is 1. The summed E-state index contributed by atoms with van der Waals surface area (Å²) in [4.78, 5) is 24.1. The molecular weight excluding hydrogens is 340 g/mol. The van der Waals surface area contributed by atoms with Gasteiger partial charge in [-0.05, 0) is 6.07 Å². The molecule has 0 bridgehead atoms. The van der Waals surface area contributed by atoms with Gasteiger partial charge >= 0.3 is 11.9 Å². The van der Waals surface area contributed by atoms with Gasteiger partial charge in [0.05, 0.1) is 19.8 Å². The molecule has 2 aromatic rings. The maximum absolute atomic E-state index is 11.9. The molecule has 122 valence electrons. The number of carbonyl (C=O) groups is 2. The standard InChI is InChI=1S/C14H14N2O5S2/c1-20-13(17)10-8(11(14(18)21-2)23-12(10)15)7-22-9-5-3-4-6-16(9)19/h3-6H,7,15H2,1-2H3. The summed E-state index contributed by atoms with van der Waals surface area (Å²) in [6, 6.07) is 4.98. The quantitative estimate of drug-likeness (QED) is 0.378. The Bertz CT molecular complexity index is 745. The lowest BCUT2D eigenvalue weighted by molar-refractivity contribution is -0.645. The summed E-state index contributed by atoms with van der Waals surface area (Å²) in [5.74, 6) is -1.02. The van der Waals surface area contributed by atoms with E-state index in [1.807, 2.05) is 0 Å². The minimum absolute atomic E-state index is 0.138. The van der Waals surface area contributed by atoms with Crippen LogP contribution in [0.3, 0.4) is 0 Å². The molecule has 0 aromatic carbocycles. The molecule has 0 aliphatic carbocycles. The predicted molar refractivity (Wildman–Crippen MR) is 86.4 cm³/mol. The first-order valence-electron chi connectivity index (χ1n) is 6.38. The zero-order valence-corrected chi connectivity index (χ0v) is 14.0. The van der Waals surface area contributed by atoms with Gasteiger partial charge in [-0.15, -0.1) is 11.3 Å². The van der Waals surface area contributed by atoms with Crippen molar-refractivity contribution in [1.29, 1.82) is 0 Å². The summed E-state index contributed by atoms with van der Waals surface area (Å²) in [7, 11) is 2.48. The highest BCUT2D eigenvalue weighted by Gasteiger charge is 2.27. The summed E-state index contributed by atoms with van der Waals surface area (Å²) in [6.45, 7) is 0. The van der Waals surface area contributed by atoms with Crippen molar-refractivity contribution in [3.63, 3.8) is 0 Å². The molecule has 0 fully saturated rings. The summed E-state index contributed by atoms with van der Waals surface area (Å²) < 4.78 is 10.1. The number of anilines is 1. The number of thiophene rings is 1. The van der Waals surface area contributed by atoms with Crippen LogP contribution in [0.15, 0.2) is 29.4 Å². The second-order valence-electron chi connectivity index (χ2n) is 4.29. The average Bonchev–Trinajstić information content (AvgIpc) is 2.89. The molecule has 2 rings (SSSR count).